The Hall–Kier alpha value is -3.19. The summed E-state index contributed by atoms with van der Waals surface area (Å²) < 4.78 is 10.8. The number of benzene rings is 1. The maximum atomic E-state index is 12.9. The van der Waals surface area contributed by atoms with Gasteiger partial charge in [-0.2, -0.15) is 0 Å². The third kappa shape index (κ3) is 4.68. The van der Waals surface area contributed by atoms with E-state index in [1.165, 1.54) is 12.4 Å². The smallest absolute Gasteiger partial charge is 0.276 e. The van der Waals surface area contributed by atoms with Crippen LogP contribution in [0.3, 0.4) is 0 Å². The van der Waals surface area contributed by atoms with Gasteiger partial charge in [-0.3, -0.25) is 14.6 Å². The molecule has 3 heterocycles. The maximum Gasteiger partial charge on any atom is 0.276 e. The third-order valence-corrected chi connectivity index (χ3v) is 5.18. The standard InChI is InChI=1S/C22H20ClN3O4/c23-17-9-18(12-24-11-17)29-14-19-10-20(25-30-19)22(28)26-8-4-7-16(13-26)21(27)15-5-2-1-3-6-15/h1-3,5-6,9-12,16H,4,7-8,13-14H2. The zero-order valence-electron chi connectivity index (χ0n) is 16.2. The molecule has 0 spiro atoms. The number of hydrogen-bond donors (Lipinski definition) is 0. The second kappa shape index (κ2) is 9.09. The number of hydrogen-bond acceptors (Lipinski definition) is 6. The Kier molecular flexibility index (Phi) is 6.09. The fraction of sp³-hybridized carbons (Fsp3) is 0.273. The first-order valence-corrected chi connectivity index (χ1v) is 10.1. The molecule has 7 nitrogen and oxygen atoms in total. The van der Waals surface area contributed by atoms with Gasteiger partial charge in [-0.1, -0.05) is 47.1 Å². The van der Waals surface area contributed by atoms with Gasteiger partial charge in [0.15, 0.2) is 17.2 Å². The highest BCUT2D eigenvalue weighted by molar-refractivity contribution is 6.30. The van der Waals surface area contributed by atoms with Gasteiger partial charge in [-0.05, 0) is 12.8 Å². The fourth-order valence-electron chi connectivity index (χ4n) is 3.48. The second-order valence-electron chi connectivity index (χ2n) is 7.13. The molecule has 0 saturated carbocycles. The van der Waals surface area contributed by atoms with E-state index < -0.39 is 0 Å². The zero-order chi connectivity index (χ0) is 20.9. The van der Waals surface area contributed by atoms with Crippen LogP contribution in [0, 0.1) is 5.92 Å². The molecule has 1 fully saturated rings. The van der Waals surface area contributed by atoms with E-state index in [2.05, 4.69) is 10.1 Å². The summed E-state index contributed by atoms with van der Waals surface area (Å²) in [5.41, 5.74) is 0.874. The number of amides is 1. The number of ether oxygens (including phenoxy) is 1. The number of likely N-dealkylation sites (tertiary alicyclic amines) is 1. The summed E-state index contributed by atoms with van der Waals surface area (Å²) in [6.07, 6.45) is 4.58. The Morgan fingerprint density at radius 3 is 2.83 bits per heavy atom. The van der Waals surface area contributed by atoms with Crippen LogP contribution in [-0.2, 0) is 6.61 Å². The van der Waals surface area contributed by atoms with E-state index in [9.17, 15) is 9.59 Å². The van der Waals surface area contributed by atoms with Gasteiger partial charge >= 0.3 is 0 Å². The average molecular weight is 426 g/mol. The largest absolute Gasteiger partial charge is 0.484 e. The molecule has 1 saturated heterocycles. The number of halogens is 1. The Morgan fingerprint density at radius 1 is 1.20 bits per heavy atom. The fourth-order valence-corrected chi connectivity index (χ4v) is 3.65. The molecule has 0 radical (unpaired) electrons. The molecule has 4 rings (SSSR count). The van der Waals surface area contributed by atoms with Gasteiger partial charge in [0.25, 0.3) is 5.91 Å². The predicted molar refractivity (Wildman–Crippen MR) is 109 cm³/mol. The molecule has 3 aromatic rings. The van der Waals surface area contributed by atoms with Crippen molar-refractivity contribution in [3.63, 3.8) is 0 Å². The van der Waals surface area contributed by atoms with Crippen molar-refractivity contribution in [1.82, 2.24) is 15.0 Å². The number of pyridine rings is 1. The van der Waals surface area contributed by atoms with Crippen molar-refractivity contribution >= 4 is 23.3 Å². The number of carbonyl (C=O) groups excluding carboxylic acids is 2. The highest BCUT2D eigenvalue weighted by Gasteiger charge is 2.30. The van der Waals surface area contributed by atoms with E-state index in [1.807, 2.05) is 30.3 Å². The van der Waals surface area contributed by atoms with Gasteiger partial charge in [0.2, 0.25) is 0 Å². The predicted octanol–water partition coefficient (Wildman–Crippen LogP) is 4.04. The first-order chi connectivity index (χ1) is 14.6. The Morgan fingerprint density at radius 2 is 2.03 bits per heavy atom. The topological polar surface area (TPSA) is 85.5 Å². The van der Waals surface area contributed by atoms with Crippen molar-refractivity contribution in [2.75, 3.05) is 13.1 Å². The molecule has 1 aromatic carbocycles. The van der Waals surface area contributed by atoms with Crippen LogP contribution in [0.15, 0.2) is 59.4 Å². The first-order valence-electron chi connectivity index (χ1n) is 9.67. The minimum atomic E-state index is -0.250. The van der Waals surface area contributed by atoms with Crippen molar-refractivity contribution < 1.29 is 18.8 Å². The highest BCUT2D eigenvalue weighted by Crippen LogP contribution is 2.23. The van der Waals surface area contributed by atoms with Crippen LogP contribution in [0.5, 0.6) is 5.75 Å². The normalized spacial score (nSPS) is 16.3. The minimum Gasteiger partial charge on any atom is -0.484 e. The second-order valence-corrected chi connectivity index (χ2v) is 7.56. The van der Waals surface area contributed by atoms with E-state index >= 15 is 0 Å². The quantitative estimate of drug-likeness (QED) is 0.554. The van der Waals surface area contributed by atoms with Gasteiger partial charge in [0.1, 0.15) is 12.4 Å². The van der Waals surface area contributed by atoms with Crippen LogP contribution in [0.2, 0.25) is 5.02 Å². The number of rotatable bonds is 6. The molecule has 0 bridgehead atoms. The van der Waals surface area contributed by atoms with E-state index in [0.717, 1.165) is 12.8 Å². The van der Waals surface area contributed by atoms with Crippen molar-refractivity contribution in [3.8, 4) is 5.75 Å². The van der Waals surface area contributed by atoms with Gasteiger partial charge < -0.3 is 14.2 Å². The highest BCUT2D eigenvalue weighted by atomic mass is 35.5. The monoisotopic (exact) mass is 425 g/mol. The lowest BCUT2D eigenvalue weighted by Gasteiger charge is -2.31. The lowest BCUT2D eigenvalue weighted by Crippen LogP contribution is -2.42. The summed E-state index contributed by atoms with van der Waals surface area (Å²) in [6, 6.07) is 12.4. The van der Waals surface area contributed by atoms with Gasteiger partial charge in [0, 0.05) is 42.9 Å². The molecule has 1 atom stereocenters. The zero-order valence-corrected chi connectivity index (χ0v) is 16.9. The Labute approximate surface area is 178 Å². The number of carbonyl (C=O) groups is 2. The van der Waals surface area contributed by atoms with Crippen LogP contribution in [0.25, 0.3) is 0 Å². The first kappa shape index (κ1) is 20.1. The molecule has 0 aliphatic carbocycles. The molecule has 154 valence electrons. The number of piperidine rings is 1. The molecule has 1 unspecified atom stereocenters. The van der Waals surface area contributed by atoms with E-state index in [1.54, 1.807) is 17.0 Å². The van der Waals surface area contributed by atoms with Crippen LogP contribution in [0.4, 0.5) is 0 Å². The molecule has 30 heavy (non-hydrogen) atoms. The molecule has 2 aromatic heterocycles. The molecule has 1 aliphatic rings. The van der Waals surface area contributed by atoms with Crippen LogP contribution in [-0.4, -0.2) is 39.8 Å². The van der Waals surface area contributed by atoms with Crippen LogP contribution in [0.1, 0.15) is 39.4 Å². The summed E-state index contributed by atoms with van der Waals surface area (Å²) >= 11 is 5.88. The third-order valence-electron chi connectivity index (χ3n) is 4.98. The van der Waals surface area contributed by atoms with E-state index in [-0.39, 0.29) is 29.9 Å². The summed E-state index contributed by atoms with van der Waals surface area (Å²) in [7, 11) is 0. The van der Waals surface area contributed by atoms with Crippen molar-refractivity contribution in [1.29, 1.82) is 0 Å². The number of Topliss-reactive ketones (excluding diaryl/α,β-unsaturated/α-hetero) is 1. The summed E-state index contributed by atoms with van der Waals surface area (Å²) in [5.74, 6) is 0.505. The van der Waals surface area contributed by atoms with Crippen molar-refractivity contribution in [2.24, 2.45) is 5.92 Å². The maximum absolute atomic E-state index is 12.9. The molecule has 8 heteroatoms. The lowest BCUT2D eigenvalue weighted by atomic mass is 9.90. The Bertz CT molecular complexity index is 1040. The minimum absolute atomic E-state index is 0.0671. The van der Waals surface area contributed by atoms with E-state index in [0.29, 0.717) is 35.2 Å². The summed E-state index contributed by atoms with van der Waals surface area (Å²) in [5, 5.41) is 4.34. The molecular formula is C22H20ClN3O4. The van der Waals surface area contributed by atoms with E-state index in [4.69, 9.17) is 20.9 Å². The van der Waals surface area contributed by atoms with Crippen LogP contribution >= 0.6 is 11.6 Å². The SMILES string of the molecule is O=C(c1ccccc1)C1CCCN(C(=O)c2cc(COc3cncc(Cl)c3)on2)C1. The van der Waals surface area contributed by atoms with Crippen LogP contribution < -0.4 is 4.74 Å². The lowest BCUT2D eigenvalue weighted by molar-refractivity contribution is 0.0628. The summed E-state index contributed by atoms with van der Waals surface area (Å²) in [6.45, 7) is 1.06. The average Bonchev–Trinajstić information content (AvgIpc) is 3.26. The molecule has 1 amide bonds. The molecule has 0 N–H and O–H groups in total. The van der Waals surface area contributed by atoms with Gasteiger partial charge in [0.05, 0.1) is 11.2 Å². The van der Waals surface area contributed by atoms with Gasteiger partial charge in [-0.15, -0.1) is 0 Å². The van der Waals surface area contributed by atoms with Gasteiger partial charge in [-0.25, -0.2) is 0 Å². The molecule has 1 aliphatic heterocycles. The molecular weight excluding hydrogens is 406 g/mol. The van der Waals surface area contributed by atoms with Crippen molar-refractivity contribution in [3.05, 3.63) is 76.9 Å². The number of ketones is 1. The number of aromatic nitrogens is 2. The summed E-state index contributed by atoms with van der Waals surface area (Å²) in [4.78, 5) is 31.2. The van der Waals surface area contributed by atoms with Crippen molar-refractivity contribution in [2.45, 2.75) is 19.4 Å². The number of nitrogens with zero attached hydrogens (tertiary/aromatic N) is 3. The Balaban J connectivity index is 1.37.